The average Bonchev–Trinajstić information content (AvgIpc) is 2.60. The third-order valence-electron chi connectivity index (χ3n) is 3.26. The number of hydrogen-bond acceptors (Lipinski definition) is 9. The van der Waals surface area contributed by atoms with Crippen molar-refractivity contribution in [2.75, 3.05) is 0 Å². The van der Waals surface area contributed by atoms with E-state index in [-0.39, 0.29) is 40.3 Å². The van der Waals surface area contributed by atoms with E-state index >= 15 is 0 Å². The Bertz CT molecular complexity index is 972. The molecule has 3 N–H and O–H groups in total. The first-order valence-electron chi connectivity index (χ1n) is 7.16. The number of pyridine rings is 1. The molecule has 0 amide bonds. The molecule has 1 aromatic carbocycles. The number of rotatable bonds is 7. The molecule has 0 atom stereocenters. The number of carbonyl (C=O) groups excluding carboxylic acids is 1. The third kappa shape index (κ3) is 5.21. The summed E-state index contributed by atoms with van der Waals surface area (Å²) in [4.78, 5) is 43.1. The van der Waals surface area contributed by atoms with Crippen molar-refractivity contribution in [2.45, 2.75) is 13.5 Å². The van der Waals surface area contributed by atoms with E-state index in [1.54, 1.807) is 0 Å². The van der Waals surface area contributed by atoms with Crippen LogP contribution in [-0.4, -0.2) is 31.1 Å². The first kappa shape index (κ1) is 20.3. The van der Waals surface area contributed by atoms with Gasteiger partial charge < -0.3 is 14.9 Å². The van der Waals surface area contributed by atoms with Crippen molar-refractivity contribution in [1.29, 1.82) is 0 Å². The molecule has 27 heavy (non-hydrogen) atoms. The predicted molar refractivity (Wildman–Crippen MR) is 90.1 cm³/mol. The molecule has 0 aliphatic rings. The van der Waals surface area contributed by atoms with Gasteiger partial charge in [0.15, 0.2) is 12.1 Å². The van der Waals surface area contributed by atoms with Crippen molar-refractivity contribution >= 4 is 31.3 Å². The second-order valence-electron chi connectivity index (χ2n) is 5.12. The molecule has 0 bridgehead atoms. The van der Waals surface area contributed by atoms with Gasteiger partial charge in [0.25, 0.3) is 5.69 Å². The molecule has 0 spiro atoms. The van der Waals surface area contributed by atoms with Crippen LogP contribution >= 0.6 is 7.82 Å². The summed E-state index contributed by atoms with van der Waals surface area (Å²) in [5, 5.41) is 28.3. The maximum absolute atomic E-state index is 11.3. The number of aromatic hydroxyl groups is 1. The maximum Gasteiger partial charge on any atom is 0.469 e. The van der Waals surface area contributed by atoms with Crippen LogP contribution in [0, 0.1) is 17.0 Å². The molecular formula is C14H13N4O8P. The first-order valence-corrected chi connectivity index (χ1v) is 8.69. The Hall–Kier alpha value is -3.05. The molecule has 0 radical (unpaired) electrons. The molecule has 0 saturated heterocycles. The predicted octanol–water partition coefficient (Wildman–Crippen LogP) is 2.84. The highest BCUT2D eigenvalue weighted by Gasteiger charge is 2.22. The van der Waals surface area contributed by atoms with Gasteiger partial charge in [-0.3, -0.25) is 19.4 Å². The Balaban J connectivity index is 2.49. The van der Waals surface area contributed by atoms with Crippen molar-refractivity contribution in [2.24, 2.45) is 10.2 Å². The zero-order valence-electron chi connectivity index (χ0n) is 13.7. The Morgan fingerprint density at radius 1 is 1.37 bits per heavy atom. The van der Waals surface area contributed by atoms with Crippen LogP contribution in [0.2, 0.25) is 0 Å². The minimum Gasteiger partial charge on any atom is -0.505 e. The van der Waals surface area contributed by atoms with Gasteiger partial charge in [-0.1, -0.05) is 6.07 Å². The first-order chi connectivity index (χ1) is 12.6. The normalized spacial score (nSPS) is 11.7. The number of nitro benzene ring substituents is 1. The molecule has 142 valence electrons. The highest BCUT2D eigenvalue weighted by molar-refractivity contribution is 7.46. The van der Waals surface area contributed by atoms with Gasteiger partial charge in [0, 0.05) is 17.7 Å². The van der Waals surface area contributed by atoms with E-state index in [4.69, 9.17) is 9.79 Å². The maximum atomic E-state index is 11.3. The van der Waals surface area contributed by atoms with E-state index < -0.39 is 25.1 Å². The zero-order valence-corrected chi connectivity index (χ0v) is 14.6. The number of nitro groups is 1. The second kappa shape index (κ2) is 8.10. The number of aldehydes is 1. The Kier molecular flexibility index (Phi) is 6.08. The van der Waals surface area contributed by atoms with Crippen LogP contribution in [-0.2, 0) is 15.7 Å². The zero-order chi connectivity index (χ0) is 20.2. The lowest BCUT2D eigenvalue weighted by molar-refractivity contribution is -0.384. The lowest BCUT2D eigenvalue weighted by Crippen LogP contribution is -2.01. The SMILES string of the molecule is Cc1nc(N=Nc2cccc([N+](=O)[O-])c2)c(COP(=O)(O)O)c(C=O)c1O. The highest BCUT2D eigenvalue weighted by atomic mass is 31.2. The summed E-state index contributed by atoms with van der Waals surface area (Å²) in [6, 6.07) is 5.21. The van der Waals surface area contributed by atoms with E-state index in [0.717, 1.165) is 6.07 Å². The lowest BCUT2D eigenvalue weighted by atomic mass is 10.1. The molecule has 0 aliphatic carbocycles. The Labute approximate surface area is 151 Å². The summed E-state index contributed by atoms with van der Waals surface area (Å²) in [6.45, 7) is 0.602. The van der Waals surface area contributed by atoms with E-state index in [1.807, 2.05) is 0 Å². The summed E-state index contributed by atoms with van der Waals surface area (Å²) in [5.41, 5.74) is -0.620. The number of aromatic nitrogens is 1. The Morgan fingerprint density at radius 3 is 2.67 bits per heavy atom. The number of carbonyl (C=O) groups is 1. The highest BCUT2D eigenvalue weighted by Crippen LogP contribution is 2.40. The Morgan fingerprint density at radius 2 is 2.07 bits per heavy atom. The number of azo groups is 1. The number of benzene rings is 1. The summed E-state index contributed by atoms with van der Waals surface area (Å²) >= 11 is 0. The van der Waals surface area contributed by atoms with Gasteiger partial charge in [-0.15, -0.1) is 10.2 Å². The monoisotopic (exact) mass is 396 g/mol. The third-order valence-corrected chi connectivity index (χ3v) is 3.73. The van der Waals surface area contributed by atoms with Crippen LogP contribution in [0.15, 0.2) is 34.5 Å². The van der Waals surface area contributed by atoms with Gasteiger partial charge in [0.05, 0.1) is 28.5 Å². The van der Waals surface area contributed by atoms with Crippen molar-refractivity contribution in [1.82, 2.24) is 4.98 Å². The van der Waals surface area contributed by atoms with Crippen LogP contribution in [0.3, 0.4) is 0 Å². The average molecular weight is 396 g/mol. The standard InChI is InChI=1S/C14H13N4O8P/c1-8-13(20)11(6-19)12(7-26-27(23,24)25)14(15-8)17-16-9-3-2-4-10(5-9)18(21)22/h2-6,20H,7H2,1H3,(H2,23,24,25). The molecule has 0 aliphatic heterocycles. The largest absolute Gasteiger partial charge is 0.505 e. The van der Waals surface area contributed by atoms with Crippen LogP contribution < -0.4 is 0 Å². The lowest BCUT2D eigenvalue weighted by Gasteiger charge is -2.12. The molecule has 1 aromatic heterocycles. The van der Waals surface area contributed by atoms with Crippen molar-refractivity contribution < 1.29 is 33.7 Å². The quantitative estimate of drug-likeness (QED) is 0.208. The van der Waals surface area contributed by atoms with Crippen LogP contribution in [0.1, 0.15) is 21.6 Å². The van der Waals surface area contributed by atoms with Crippen LogP contribution in [0.5, 0.6) is 5.75 Å². The number of phosphoric ester groups is 1. The number of hydrogen-bond donors (Lipinski definition) is 3. The molecule has 2 aromatic rings. The molecule has 12 nitrogen and oxygen atoms in total. The van der Waals surface area contributed by atoms with Gasteiger partial charge in [0.2, 0.25) is 0 Å². The van der Waals surface area contributed by atoms with Gasteiger partial charge in [-0.2, -0.15) is 0 Å². The second-order valence-corrected chi connectivity index (χ2v) is 6.36. The molecule has 0 saturated carbocycles. The minimum absolute atomic E-state index is 0.0185. The molecule has 0 unspecified atom stereocenters. The van der Waals surface area contributed by atoms with Crippen LogP contribution in [0.4, 0.5) is 17.2 Å². The minimum atomic E-state index is -4.88. The molecule has 13 heteroatoms. The smallest absolute Gasteiger partial charge is 0.469 e. The fourth-order valence-electron chi connectivity index (χ4n) is 2.01. The van der Waals surface area contributed by atoms with Gasteiger partial charge in [-0.25, -0.2) is 9.55 Å². The summed E-state index contributed by atoms with van der Waals surface area (Å²) in [5.74, 6) is -0.740. The van der Waals surface area contributed by atoms with Crippen molar-refractivity contribution in [3.05, 3.63) is 51.2 Å². The molecule has 1 heterocycles. The fourth-order valence-corrected chi connectivity index (χ4v) is 2.31. The number of aryl methyl sites for hydroxylation is 1. The van der Waals surface area contributed by atoms with E-state index in [2.05, 4.69) is 19.7 Å². The van der Waals surface area contributed by atoms with E-state index in [0.29, 0.717) is 0 Å². The number of phosphoric acid groups is 1. The van der Waals surface area contributed by atoms with Gasteiger partial charge in [-0.05, 0) is 13.0 Å². The summed E-state index contributed by atoms with van der Waals surface area (Å²) in [6.07, 6.45) is 0.259. The summed E-state index contributed by atoms with van der Waals surface area (Å²) < 4.78 is 15.3. The van der Waals surface area contributed by atoms with Gasteiger partial charge >= 0.3 is 7.82 Å². The van der Waals surface area contributed by atoms with Crippen molar-refractivity contribution in [3.8, 4) is 5.75 Å². The molecule has 0 fully saturated rings. The number of non-ortho nitro benzene ring substituents is 1. The van der Waals surface area contributed by atoms with E-state index in [1.165, 1.54) is 25.1 Å². The van der Waals surface area contributed by atoms with Gasteiger partial charge in [0.1, 0.15) is 5.75 Å². The summed E-state index contributed by atoms with van der Waals surface area (Å²) in [7, 11) is -4.88. The number of nitrogens with zero attached hydrogens (tertiary/aromatic N) is 4. The van der Waals surface area contributed by atoms with E-state index in [9.17, 15) is 24.6 Å². The van der Waals surface area contributed by atoms with Crippen molar-refractivity contribution in [3.63, 3.8) is 0 Å². The van der Waals surface area contributed by atoms with Crippen LogP contribution in [0.25, 0.3) is 0 Å². The molecule has 2 rings (SSSR count). The fraction of sp³-hybridized carbons (Fsp3) is 0.143. The molecular weight excluding hydrogens is 383 g/mol. The topological polar surface area (TPSA) is 185 Å².